The Morgan fingerprint density at radius 3 is 2.77 bits per heavy atom. The summed E-state index contributed by atoms with van der Waals surface area (Å²) in [6.07, 6.45) is 19.5. The fourth-order valence-electron chi connectivity index (χ4n) is 13.7. The molecule has 15 atom stereocenters. The van der Waals surface area contributed by atoms with E-state index in [0.29, 0.717) is 35.1 Å². The summed E-state index contributed by atoms with van der Waals surface area (Å²) >= 11 is 0. The van der Waals surface area contributed by atoms with E-state index >= 15 is 0 Å². The van der Waals surface area contributed by atoms with Crippen LogP contribution in [0, 0.1) is 70.5 Å². The van der Waals surface area contributed by atoms with Gasteiger partial charge in [0.05, 0.1) is 6.04 Å². The highest BCUT2D eigenvalue weighted by molar-refractivity contribution is 5.62. The van der Waals surface area contributed by atoms with Crippen molar-refractivity contribution in [2.45, 2.75) is 88.6 Å². The molecule has 2 aliphatic heterocycles. The van der Waals surface area contributed by atoms with Gasteiger partial charge in [-0.25, -0.2) is 0 Å². The molecule has 2 heterocycles. The summed E-state index contributed by atoms with van der Waals surface area (Å²) in [6, 6.07) is 8.90. The van der Waals surface area contributed by atoms with E-state index < -0.39 is 0 Å². The Bertz CT molecular complexity index is 1280. The molecule has 10 rings (SSSR count). The van der Waals surface area contributed by atoms with Gasteiger partial charge in [-0.3, -0.25) is 0 Å². The van der Waals surface area contributed by atoms with E-state index in [1.807, 2.05) is 0 Å². The average molecular weight is 537 g/mol. The SMILES string of the molecule is C=C1CC[C@H]2[C@H]([C@H]3C[C@H](C)C[C@H]13)[C@]2([C@H](N)C=O)[C@H]1C=C[C@@H]2[C@H](C[C@H]3[C@@H]2C[C@@H]2C[C@@H]4CC[C@]23Nc2ccccc24)C1. The van der Waals surface area contributed by atoms with Gasteiger partial charge in [0.2, 0.25) is 0 Å². The number of carbonyl (C=O) groups is 1. The van der Waals surface area contributed by atoms with Gasteiger partial charge in [-0.15, -0.1) is 0 Å². The van der Waals surface area contributed by atoms with Crippen LogP contribution in [0.3, 0.4) is 0 Å². The van der Waals surface area contributed by atoms with E-state index in [9.17, 15) is 4.79 Å². The number of carbonyl (C=O) groups excluding carboxylic acids is 1. The Labute approximate surface area is 240 Å². The van der Waals surface area contributed by atoms with E-state index in [4.69, 9.17) is 5.73 Å². The molecule has 3 heteroatoms. The highest BCUT2D eigenvalue weighted by Gasteiger charge is 2.74. The topological polar surface area (TPSA) is 55.1 Å². The lowest BCUT2D eigenvalue weighted by atomic mass is 9.65. The Morgan fingerprint density at radius 2 is 1.90 bits per heavy atom. The molecule has 1 aromatic rings. The summed E-state index contributed by atoms with van der Waals surface area (Å²) in [5.74, 6) is 8.48. The van der Waals surface area contributed by atoms with Crippen LogP contribution in [0.4, 0.5) is 5.69 Å². The van der Waals surface area contributed by atoms with Crippen LogP contribution in [-0.2, 0) is 4.79 Å². The third-order valence-electron chi connectivity index (χ3n) is 14.9. The first-order chi connectivity index (χ1) is 19.5. The molecular weight excluding hydrogens is 488 g/mol. The molecule has 212 valence electrons. The minimum Gasteiger partial charge on any atom is -0.379 e. The van der Waals surface area contributed by atoms with Crippen molar-refractivity contribution in [3.05, 3.63) is 54.1 Å². The number of benzene rings is 1. The first kappa shape index (κ1) is 24.7. The zero-order valence-corrected chi connectivity index (χ0v) is 24.3. The van der Waals surface area contributed by atoms with Gasteiger partial charge in [0.15, 0.2) is 0 Å². The van der Waals surface area contributed by atoms with Crippen molar-refractivity contribution in [1.29, 1.82) is 0 Å². The van der Waals surface area contributed by atoms with Gasteiger partial charge in [0.1, 0.15) is 6.29 Å². The number of nitrogens with one attached hydrogen (secondary N) is 1. The van der Waals surface area contributed by atoms with Gasteiger partial charge >= 0.3 is 0 Å². The summed E-state index contributed by atoms with van der Waals surface area (Å²) in [5, 5.41) is 4.27. The van der Waals surface area contributed by atoms with Crippen molar-refractivity contribution in [3.63, 3.8) is 0 Å². The number of allylic oxidation sites excluding steroid dienone is 3. The Morgan fingerprint density at radius 1 is 1.02 bits per heavy atom. The molecule has 9 aliphatic rings. The number of nitrogens with two attached hydrogens (primary N) is 1. The van der Waals surface area contributed by atoms with Gasteiger partial charge in [0, 0.05) is 16.6 Å². The van der Waals surface area contributed by atoms with Crippen LogP contribution in [0.1, 0.15) is 82.6 Å². The van der Waals surface area contributed by atoms with Crippen LogP contribution < -0.4 is 11.1 Å². The minimum absolute atomic E-state index is 0.00696. The lowest BCUT2D eigenvalue weighted by molar-refractivity contribution is -0.111. The second kappa shape index (κ2) is 8.36. The first-order valence-corrected chi connectivity index (χ1v) is 16.9. The molecule has 6 fully saturated rings. The summed E-state index contributed by atoms with van der Waals surface area (Å²) in [5.41, 5.74) is 11.7. The van der Waals surface area contributed by atoms with Gasteiger partial charge in [-0.1, -0.05) is 49.4 Å². The third-order valence-corrected chi connectivity index (χ3v) is 14.9. The van der Waals surface area contributed by atoms with Crippen LogP contribution in [0.5, 0.6) is 0 Å². The number of anilines is 1. The van der Waals surface area contributed by atoms with Crippen molar-refractivity contribution < 1.29 is 4.79 Å². The predicted molar refractivity (Wildman–Crippen MR) is 161 cm³/mol. The fraction of sp³-hybridized carbons (Fsp3) is 0.703. The molecule has 0 amide bonds. The average Bonchev–Trinajstić information content (AvgIpc) is 3.27. The van der Waals surface area contributed by atoms with Crippen molar-refractivity contribution >= 4 is 12.0 Å². The molecule has 0 aromatic heterocycles. The number of aldehydes is 1. The third kappa shape index (κ3) is 2.99. The van der Waals surface area contributed by atoms with Gasteiger partial charge in [-0.05, 0) is 147 Å². The number of rotatable bonds is 3. The summed E-state index contributed by atoms with van der Waals surface area (Å²) in [6.45, 7) is 6.99. The molecule has 2 bridgehead atoms. The molecular formula is C37H48N2O. The Hall–Kier alpha value is -1.87. The molecule has 7 aliphatic carbocycles. The molecule has 1 aromatic carbocycles. The maximum absolute atomic E-state index is 12.5. The second-order valence-corrected chi connectivity index (χ2v) is 16.1. The molecule has 3 nitrogen and oxygen atoms in total. The quantitative estimate of drug-likeness (QED) is 0.314. The van der Waals surface area contributed by atoms with Crippen molar-refractivity contribution in [2.75, 3.05) is 5.32 Å². The van der Waals surface area contributed by atoms with E-state index in [0.717, 1.165) is 54.1 Å². The molecule has 6 saturated carbocycles. The van der Waals surface area contributed by atoms with E-state index in [-0.39, 0.29) is 11.5 Å². The lowest BCUT2D eigenvalue weighted by Gasteiger charge is -2.44. The van der Waals surface area contributed by atoms with Crippen LogP contribution >= 0.6 is 0 Å². The summed E-state index contributed by atoms with van der Waals surface area (Å²) < 4.78 is 0. The van der Waals surface area contributed by atoms with Gasteiger partial charge in [-0.2, -0.15) is 0 Å². The molecule has 0 unspecified atom stereocenters. The molecule has 1 spiro atoms. The van der Waals surface area contributed by atoms with Crippen LogP contribution in [0.2, 0.25) is 0 Å². The maximum Gasteiger partial charge on any atom is 0.137 e. The standard InChI is InChI=1S/C37H48N2O/c1-20-13-28-21(2)7-10-31-35(30(28)14-20)37(31,34(38)19-40)24-8-9-26-23(16-24)17-32-29(26)18-25-15-22-11-12-36(25,32)39-33-6-4-3-5-27(22)33/h3-6,8-9,19-20,22-26,28-32,34-35,39H,2,7,10-18,38H2,1H3/t20-,22+,23+,24+,25+,26-,28-,29-,30+,31+,32+,34-,35+,36+,37-/m1/s1. The van der Waals surface area contributed by atoms with E-state index in [2.05, 4.69) is 55.2 Å². The van der Waals surface area contributed by atoms with Crippen LogP contribution in [-0.4, -0.2) is 17.9 Å². The molecule has 0 saturated heterocycles. The highest BCUT2D eigenvalue weighted by atomic mass is 16.1. The van der Waals surface area contributed by atoms with Crippen molar-refractivity contribution in [3.8, 4) is 0 Å². The summed E-state index contributed by atoms with van der Waals surface area (Å²) in [4.78, 5) is 12.5. The Balaban J connectivity index is 1.03. The molecule has 40 heavy (non-hydrogen) atoms. The monoisotopic (exact) mass is 536 g/mol. The number of fused-ring (bicyclic) bond motifs is 7. The first-order valence-electron chi connectivity index (χ1n) is 16.9. The molecule has 0 radical (unpaired) electrons. The predicted octanol–water partition coefficient (Wildman–Crippen LogP) is 7.35. The highest BCUT2D eigenvalue weighted by Crippen LogP contribution is 2.76. The van der Waals surface area contributed by atoms with Gasteiger partial charge in [0.25, 0.3) is 0 Å². The Kier molecular flexibility index (Phi) is 5.16. The fourth-order valence-corrected chi connectivity index (χ4v) is 13.7. The van der Waals surface area contributed by atoms with Crippen molar-refractivity contribution in [1.82, 2.24) is 0 Å². The summed E-state index contributed by atoms with van der Waals surface area (Å²) in [7, 11) is 0. The minimum atomic E-state index is -0.323. The zero-order chi connectivity index (χ0) is 27.0. The van der Waals surface area contributed by atoms with Crippen LogP contribution in [0.25, 0.3) is 0 Å². The molecule has 3 N–H and O–H groups in total. The zero-order valence-electron chi connectivity index (χ0n) is 24.3. The number of hydrogen-bond donors (Lipinski definition) is 2. The van der Waals surface area contributed by atoms with Crippen LogP contribution in [0.15, 0.2) is 48.6 Å². The second-order valence-electron chi connectivity index (χ2n) is 16.1. The lowest BCUT2D eigenvalue weighted by Crippen LogP contribution is -2.49. The van der Waals surface area contributed by atoms with E-state index in [1.165, 1.54) is 69.0 Å². The largest absolute Gasteiger partial charge is 0.379 e. The normalized spacial score (nSPS) is 53.6. The van der Waals surface area contributed by atoms with E-state index in [1.54, 1.807) is 5.56 Å². The smallest absolute Gasteiger partial charge is 0.137 e. The van der Waals surface area contributed by atoms with Gasteiger partial charge < -0.3 is 15.8 Å². The maximum atomic E-state index is 12.5. The number of hydrogen-bond acceptors (Lipinski definition) is 3. The number of para-hydroxylation sites is 1. The van der Waals surface area contributed by atoms with Crippen molar-refractivity contribution in [2.24, 2.45) is 76.2 Å².